The molecule has 1 amide bonds. The SMILES string of the molecule is O=C(NCc1ccco1)c1cc(Br)cn1C1CC1. The Morgan fingerprint density at radius 1 is 1.56 bits per heavy atom. The number of halogens is 1. The standard InChI is InChI=1S/C13H13BrN2O2/c14-9-6-12(16(8-9)10-3-4-10)13(17)15-7-11-2-1-5-18-11/h1-2,5-6,8,10H,3-4,7H2,(H,15,17). The van der Waals surface area contributed by atoms with Crippen LogP contribution in [0.1, 0.15) is 35.1 Å². The highest BCUT2D eigenvalue weighted by atomic mass is 79.9. The number of furan rings is 1. The fraction of sp³-hybridized carbons (Fsp3) is 0.308. The summed E-state index contributed by atoms with van der Waals surface area (Å²) in [5, 5.41) is 2.86. The van der Waals surface area contributed by atoms with Gasteiger partial charge >= 0.3 is 0 Å². The molecule has 0 saturated heterocycles. The van der Waals surface area contributed by atoms with Gasteiger partial charge in [-0.05, 0) is 47.0 Å². The molecule has 4 nitrogen and oxygen atoms in total. The normalized spacial score (nSPS) is 14.7. The molecule has 18 heavy (non-hydrogen) atoms. The average Bonchev–Trinajstić information content (AvgIpc) is 2.92. The van der Waals surface area contributed by atoms with Gasteiger partial charge in [-0.15, -0.1) is 0 Å². The molecule has 0 aliphatic heterocycles. The Labute approximate surface area is 113 Å². The van der Waals surface area contributed by atoms with Crippen LogP contribution in [0.25, 0.3) is 0 Å². The van der Waals surface area contributed by atoms with Gasteiger partial charge in [0.15, 0.2) is 0 Å². The second-order valence-corrected chi connectivity index (χ2v) is 5.36. The Hall–Kier alpha value is -1.49. The highest BCUT2D eigenvalue weighted by Crippen LogP contribution is 2.37. The minimum atomic E-state index is -0.0657. The number of carbonyl (C=O) groups is 1. The van der Waals surface area contributed by atoms with Gasteiger partial charge in [-0.3, -0.25) is 4.79 Å². The summed E-state index contributed by atoms with van der Waals surface area (Å²) in [6, 6.07) is 6.00. The zero-order valence-electron chi connectivity index (χ0n) is 9.73. The lowest BCUT2D eigenvalue weighted by Crippen LogP contribution is -2.25. The summed E-state index contributed by atoms with van der Waals surface area (Å²) >= 11 is 3.42. The maximum Gasteiger partial charge on any atom is 0.268 e. The van der Waals surface area contributed by atoms with E-state index in [0.29, 0.717) is 18.3 Å². The quantitative estimate of drug-likeness (QED) is 0.943. The van der Waals surface area contributed by atoms with E-state index in [1.807, 2.05) is 29.0 Å². The molecule has 1 saturated carbocycles. The Kier molecular flexibility index (Phi) is 2.99. The van der Waals surface area contributed by atoms with Crippen molar-refractivity contribution in [1.29, 1.82) is 0 Å². The van der Waals surface area contributed by atoms with E-state index in [2.05, 4.69) is 21.2 Å². The van der Waals surface area contributed by atoms with Crippen LogP contribution in [-0.2, 0) is 6.54 Å². The van der Waals surface area contributed by atoms with E-state index < -0.39 is 0 Å². The lowest BCUT2D eigenvalue weighted by molar-refractivity contribution is 0.0938. The largest absolute Gasteiger partial charge is 0.467 e. The molecule has 2 heterocycles. The van der Waals surface area contributed by atoms with Crippen LogP contribution in [-0.4, -0.2) is 10.5 Å². The molecule has 0 atom stereocenters. The van der Waals surface area contributed by atoms with Crippen LogP contribution in [0.3, 0.4) is 0 Å². The van der Waals surface area contributed by atoms with Crippen LogP contribution >= 0.6 is 15.9 Å². The van der Waals surface area contributed by atoms with Gasteiger partial charge in [0.05, 0.1) is 12.8 Å². The first-order valence-electron chi connectivity index (χ1n) is 5.92. The molecule has 0 radical (unpaired) electrons. The van der Waals surface area contributed by atoms with Crippen LogP contribution in [0.15, 0.2) is 39.5 Å². The number of rotatable bonds is 4. The van der Waals surface area contributed by atoms with E-state index in [1.54, 1.807) is 6.26 Å². The third-order valence-electron chi connectivity index (χ3n) is 2.99. The van der Waals surface area contributed by atoms with E-state index in [0.717, 1.165) is 23.1 Å². The molecule has 94 valence electrons. The lowest BCUT2D eigenvalue weighted by atomic mass is 10.3. The molecule has 1 fully saturated rings. The number of hydrogen-bond donors (Lipinski definition) is 1. The summed E-state index contributed by atoms with van der Waals surface area (Å²) in [5.74, 6) is 0.691. The topological polar surface area (TPSA) is 47.2 Å². The van der Waals surface area contributed by atoms with Crippen LogP contribution in [0.4, 0.5) is 0 Å². The minimum absolute atomic E-state index is 0.0657. The van der Waals surface area contributed by atoms with Crippen molar-refractivity contribution in [3.63, 3.8) is 0 Å². The highest BCUT2D eigenvalue weighted by molar-refractivity contribution is 9.10. The molecule has 0 spiro atoms. The van der Waals surface area contributed by atoms with Crippen molar-refractivity contribution in [2.24, 2.45) is 0 Å². The van der Waals surface area contributed by atoms with E-state index in [4.69, 9.17) is 4.42 Å². The average molecular weight is 309 g/mol. The van der Waals surface area contributed by atoms with Gasteiger partial charge in [0, 0.05) is 16.7 Å². The summed E-state index contributed by atoms with van der Waals surface area (Å²) in [6.07, 6.45) is 5.88. The minimum Gasteiger partial charge on any atom is -0.467 e. The molecular weight excluding hydrogens is 296 g/mol. The molecule has 0 aromatic carbocycles. The maximum absolute atomic E-state index is 12.1. The zero-order chi connectivity index (χ0) is 12.5. The molecule has 0 unspecified atom stereocenters. The fourth-order valence-electron chi connectivity index (χ4n) is 1.95. The van der Waals surface area contributed by atoms with Gasteiger partial charge in [0.1, 0.15) is 11.5 Å². The van der Waals surface area contributed by atoms with E-state index in [9.17, 15) is 4.79 Å². The summed E-state index contributed by atoms with van der Waals surface area (Å²) < 4.78 is 8.17. The van der Waals surface area contributed by atoms with Crippen molar-refractivity contribution >= 4 is 21.8 Å². The first kappa shape index (κ1) is 11.6. The molecular formula is C13H13BrN2O2. The summed E-state index contributed by atoms with van der Waals surface area (Å²) in [4.78, 5) is 12.1. The summed E-state index contributed by atoms with van der Waals surface area (Å²) in [6.45, 7) is 0.416. The Morgan fingerprint density at radius 3 is 3.06 bits per heavy atom. The van der Waals surface area contributed by atoms with Crippen LogP contribution in [0.2, 0.25) is 0 Å². The van der Waals surface area contributed by atoms with Gasteiger partial charge in [-0.1, -0.05) is 0 Å². The molecule has 1 aliphatic rings. The Morgan fingerprint density at radius 2 is 2.39 bits per heavy atom. The predicted octanol–water partition coefficient (Wildman–Crippen LogP) is 3.11. The second-order valence-electron chi connectivity index (χ2n) is 4.44. The van der Waals surface area contributed by atoms with E-state index in [-0.39, 0.29) is 5.91 Å². The lowest BCUT2D eigenvalue weighted by Gasteiger charge is -2.07. The summed E-state index contributed by atoms with van der Waals surface area (Å²) in [5.41, 5.74) is 0.705. The second kappa shape index (κ2) is 4.65. The van der Waals surface area contributed by atoms with Gasteiger partial charge in [0.25, 0.3) is 5.91 Å². The van der Waals surface area contributed by atoms with Gasteiger partial charge < -0.3 is 14.3 Å². The van der Waals surface area contributed by atoms with Crippen LogP contribution in [0.5, 0.6) is 0 Å². The van der Waals surface area contributed by atoms with Crippen molar-refractivity contribution in [1.82, 2.24) is 9.88 Å². The molecule has 0 bridgehead atoms. The third kappa shape index (κ3) is 2.36. The van der Waals surface area contributed by atoms with Crippen LogP contribution in [0, 0.1) is 0 Å². The van der Waals surface area contributed by atoms with Gasteiger partial charge in [0.2, 0.25) is 0 Å². The monoisotopic (exact) mass is 308 g/mol. The van der Waals surface area contributed by atoms with E-state index in [1.165, 1.54) is 0 Å². The molecule has 3 rings (SSSR count). The third-order valence-corrected chi connectivity index (χ3v) is 3.43. The summed E-state index contributed by atoms with van der Waals surface area (Å²) in [7, 11) is 0. The number of aromatic nitrogens is 1. The Bertz CT molecular complexity index is 556. The molecule has 1 N–H and O–H groups in total. The first-order valence-corrected chi connectivity index (χ1v) is 6.71. The molecule has 2 aromatic heterocycles. The van der Waals surface area contributed by atoms with Gasteiger partial charge in [-0.2, -0.15) is 0 Å². The van der Waals surface area contributed by atoms with Crippen molar-refractivity contribution in [3.05, 3.63) is 46.6 Å². The number of nitrogens with zero attached hydrogens (tertiary/aromatic N) is 1. The van der Waals surface area contributed by atoms with Crippen molar-refractivity contribution in [3.8, 4) is 0 Å². The smallest absolute Gasteiger partial charge is 0.268 e. The zero-order valence-corrected chi connectivity index (χ0v) is 11.3. The maximum atomic E-state index is 12.1. The van der Waals surface area contributed by atoms with Crippen LogP contribution < -0.4 is 5.32 Å². The van der Waals surface area contributed by atoms with Crippen molar-refractivity contribution < 1.29 is 9.21 Å². The highest BCUT2D eigenvalue weighted by Gasteiger charge is 2.27. The van der Waals surface area contributed by atoms with Crippen molar-refractivity contribution in [2.45, 2.75) is 25.4 Å². The van der Waals surface area contributed by atoms with E-state index >= 15 is 0 Å². The predicted molar refractivity (Wildman–Crippen MR) is 70.3 cm³/mol. The van der Waals surface area contributed by atoms with Crippen molar-refractivity contribution in [2.75, 3.05) is 0 Å². The molecule has 5 heteroatoms. The number of carbonyl (C=O) groups excluding carboxylic acids is 1. The number of hydrogen-bond acceptors (Lipinski definition) is 2. The first-order chi connectivity index (χ1) is 8.74. The van der Waals surface area contributed by atoms with Gasteiger partial charge in [-0.25, -0.2) is 0 Å². The molecule has 2 aromatic rings. The number of amides is 1. The molecule has 1 aliphatic carbocycles. The Balaban J connectivity index is 1.71. The fourth-order valence-corrected chi connectivity index (χ4v) is 2.39. The number of nitrogens with one attached hydrogen (secondary N) is 1.